The zero-order valence-electron chi connectivity index (χ0n) is 21.5. The predicted molar refractivity (Wildman–Crippen MR) is 156 cm³/mol. The number of carbonyl (C=O) groups is 3. The van der Waals surface area contributed by atoms with Gasteiger partial charge in [-0.25, -0.2) is 9.88 Å². The highest BCUT2D eigenvalue weighted by molar-refractivity contribution is 7.21. The minimum absolute atomic E-state index is 0.0548. The fourth-order valence-corrected chi connectivity index (χ4v) is 6.57. The van der Waals surface area contributed by atoms with Gasteiger partial charge in [-0.05, 0) is 79.4 Å². The second-order valence-corrected chi connectivity index (χ2v) is 11.8. The molecule has 5 aromatic rings. The maximum Gasteiger partial charge on any atom is 0.257 e. The highest BCUT2D eigenvalue weighted by Crippen LogP contribution is 2.33. The van der Waals surface area contributed by atoms with E-state index in [9.17, 15) is 14.4 Å². The van der Waals surface area contributed by atoms with Gasteiger partial charge in [-0.15, -0.1) is 22.7 Å². The van der Waals surface area contributed by atoms with Crippen LogP contribution in [0.3, 0.4) is 0 Å². The van der Waals surface area contributed by atoms with Gasteiger partial charge >= 0.3 is 0 Å². The van der Waals surface area contributed by atoms with E-state index in [0.717, 1.165) is 31.2 Å². The molecular formula is C31H25N3O3S2. The van der Waals surface area contributed by atoms with Crippen molar-refractivity contribution in [1.82, 2.24) is 9.88 Å². The largest absolute Gasteiger partial charge is 0.321 e. The molecule has 0 radical (unpaired) electrons. The maximum absolute atomic E-state index is 13.7. The van der Waals surface area contributed by atoms with Crippen LogP contribution >= 0.6 is 22.7 Å². The molecule has 3 heterocycles. The molecule has 1 fully saturated rings. The molecule has 0 N–H and O–H groups in total. The number of hydrogen-bond donors (Lipinski definition) is 0. The van der Waals surface area contributed by atoms with Crippen molar-refractivity contribution in [3.63, 3.8) is 0 Å². The van der Waals surface area contributed by atoms with Gasteiger partial charge in [0.15, 0.2) is 0 Å². The SMILES string of the molecule is Cc1ccc(C(=O)N(Cc2cccs2)C2CC(=O)N(c3ccc(-c4nc5ccc(C)cc5s4)cc3)C2=O)cc1. The van der Waals surface area contributed by atoms with E-state index in [-0.39, 0.29) is 30.7 Å². The Morgan fingerprint density at radius 3 is 2.44 bits per heavy atom. The van der Waals surface area contributed by atoms with Crippen LogP contribution in [-0.4, -0.2) is 33.6 Å². The van der Waals surface area contributed by atoms with Gasteiger partial charge in [-0.1, -0.05) is 29.8 Å². The smallest absolute Gasteiger partial charge is 0.257 e. The molecule has 39 heavy (non-hydrogen) atoms. The number of rotatable bonds is 6. The fourth-order valence-electron chi connectivity index (χ4n) is 4.79. The Bertz CT molecular complexity index is 1690. The van der Waals surface area contributed by atoms with Crippen molar-refractivity contribution in [2.45, 2.75) is 32.9 Å². The summed E-state index contributed by atoms with van der Waals surface area (Å²) in [5.41, 5.74) is 5.07. The number of nitrogens with zero attached hydrogens (tertiary/aromatic N) is 3. The number of thiazole rings is 1. The summed E-state index contributed by atoms with van der Waals surface area (Å²) in [4.78, 5) is 48.9. The first-order valence-corrected chi connectivity index (χ1v) is 14.3. The molecule has 1 atom stereocenters. The van der Waals surface area contributed by atoms with Crippen LogP contribution in [0, 0.1) is 13.8 Å². The highest BCUT2D eigenvalue weighted by atomic mass is 32.1. The lowest BCUT2D eigenvalue weighted by Crippen LogP contribution is -2.45. The Hall–Kier alpha value is -4.14. The number of anilines is 1. The lowest BCUT2D eigenvalue weighted by Gasteiger charge is -2.27. The minimum Gasteiger partial charge on any atom is -0.321 e. The second-order valence-electron chi connectivity index (χ2n) is 9.70. The van der Waals surface area contributed by atoms with Crippen LogP contribution in [0.1, 0.15) is 32.8 Å². The standard InChI is InChI=1S/C31H25N3O3S2/c1-19-5-8-22(9-6-19)30(36)33(18-24-4-3-15-38-24)26-17-28(35)34(31(26)37)23-12-10-21(11-13-23)29-32-25-14-7-20(2)16-27(25)39-29/h3-16,26H,17-18H2,1-2H3. The number of thiophene rings is 1. The third-order valence-corrected chi connectivity index (χ3v) is 8.81. The molecule has 3 amide bonds. The van der Waals surface area contributed by atoms with E-state index in [0.29, 0.717) is 11.3 Å². The first kappa shape index (κ1) is 25.2. The highest BCUT2D eigenvalue weighted by Gasteiger charge is 2.44. The third-order valence-electron chi connectivity index (χ3n) is 6.88. The van der Waals surface area contributed by atoms with Crippen LogP contribution in [0.25, 0.3) is 20.8 Å². The quantitative estimate of drug-likeness (QED) is 0.223. The number of imide groups is 1. The van der Waals surface area contributed by atoms with Crippen molar-refractivity contribution in [2.24, 2.45) is 0 Å². The lowest BCUT2D eigenvalue weighted by atomic mass is 10.1. The molecule has 3 aromatic carbocycles. The number of aromatic nitrogens is 1. The average Bonchev–Trinajstić information content (AvgIpc) is 3.66. The van der Waals surface area contributed by atoms with Crippen molar-refractivity contribution < 1.29 is 14.4 Å². The van der Waals surface area contributed by atoms with Crippen LogP contribution in [0.2, 0.25) is 0 Å². The van der Waals surface area contributed by atoms with Crippen LogP contribution in [0.4, 0.5) is 5.69 Å². The van der Waals surface area contributed by atoms with Crippen LogP contribution < -0.4 is 4.90 Å². The lowest BCUT2D eigenvalue weighted by molar-refractivity contribution is -0.122. The normalized spacial score (nSPS) is 15.3. The first-order chi connectivity index (χ1) is 18.9. The Balaban J connectivity index is 1.27. The molecule has 1 saturated heterocycles. The topological polar surface area (TPSA) is 70.6 Å². The van der Waals surface area contributed by atoms with Crippen molar-refractivity contribution in [2.75, 3.05) is 4.90 Å². The summed E-state index contributed by atoms with van der Waals surface area (Å²) >= 11 is 3.13. The van der Waals surface area contributed by atoms with Gasteiger partial charge in [0.05, 0.1) is 28.9 Å². The van der Waals surface area contributed by atoms with Crippen LogP contribution in [0.15, 0.2) is 84.2 Å². The predicted octanol–water partition coefficient (Wildman–Crippen LogP) is 6.62. The molecule has 6 nitrogen and oxygen atoms in total. The number of hydrogen-bond acceptors (Lipinski definition) is 6. The summed E-state index contributed by atoms with van der Waals surface area (Å²) in [6.45, 7) is 4.27. The van der Waals surface area contributed by atoms with Gasteiger partial charge in [-0.3, -0.25) is 14.4 Å². The Morgan fingerprint density at radius 1 is 0.974 bits per heavy atom. The van der Waals surface area contributed by atoms with Crippen LogP contribution in [0.5, 0.6) is 0 Å². The zero-order chi connectivity index (χ0) is 27.1. The number of aryl methyl sites for hydroxylation is 2. The van der Waals surface area contributed by atoms with Gasteiger partial charge in [0.2, 0.25) is 5.91 Å². The molecule has 6 rings (SSSR count). The van der Waals surface area contributed by atoms with Gasteiger partial charge in [0, 0.05) is 16.0 Å². The molecule has 2 aromatic heterocycles. The van der Waals surface area contributed by atoms with Crippen LogP contribution in [-0.2, 0) is 16.1 Å². The van der Waals surface area contributed by atoms with Gasteiger partial charge in [0.1, 0.15) is 11.0 Å². The van der Waals surface area contributed by atoms with Crippen molar-refractivity contribution >= 4 is 56.3 Å². The fraction of sp³-hybridized carbons (Fsp3) is 0.161. The van der Waals surface area contributed by atoms with E-state index in [1.165, 1.54) is 26.7 Å². The van der Waals surface area contributed by atoms with E-state index >= 15 is 0 Å². The monoisotopic (exact) mass is 551 g/mol. The summed E-state index contributed by atoms with van der Waals surface area (Å²) < 4.78 is 1.12. The minimum atomic E-state index is -0.874. The second kappa shape index (κ2) is 10.2. The molecular weight excluding hydrogens is 526 g/mol. The van der Waals surface area contributed by atoms with Crippen molar-refractivity contribution in [3.8, 4) is 10.6 Å². The maximum atomic E-state index is 13.7. The molecule has 1 aliphatic rings. The number of amides is 3. The Labute approximate surface area is 234 Å². The van der Waals surface area contributed by atoms with E-state index in [2.05, 4.69) is 13.0 Å². The van der Waals surface area contributed by atoms with Gasteiger partial charge in [0.25, 0.3) is 11.8 Å². The molecule has 194 valence electrons. The Kier molecular flexibility index (Phi) is 6.58. The van der Waals surface area contributed by atoms with Crippen molar-refractivity contribution in [1.29, 1.82) is 0 Å². The number of fused-ring (bicyclic) bond motifs is 1. The summed E-state index contributed by atoms with van der Waals surface area (Å²) in [6.07, 6.45) is -0.0548. The summed E-state index contributed by atoms with van der Waals surface area (Å²) in [6, 6.07) is 23.7. The average molecular weight is 552 g/mol. The molecule has 0 saturated carbocycles. The van der Waals surface area contributed by atoms with Gasteiger partial charge < -0.3 is 4.90 Å². The molecule has 1 unspecified atom stereocenters. The molecule has 0 aliphatic carbocycles. The summed E-state index contributed by atoms with van der Waals surface area (Å²) in [5, 5.41) is 2.82. The summed E-state index contributed by atoms with van der Waals surface area (Å²) in [5.74, 6) is -0.973. The molecule has 1 aliphatic heterocycles. The van der Waals surface area contributed by atoms with Crippen molar-refractivity contribution in [3.05, 3.63) is 106 Å². The number of carbonyl (C=O) groups excluding carboxylic acids is 3. The third kappa shape index (κ3) is 4.89. The van der Waals surface area contributed by atoms with E-state index < -0.39 is 6.04 Å². The van der Waals surface area contributed by atoms with E-state index in [1.807, 2.05) is 60.8 Å². The summed E-state index contributed by atoms with van der Waals surface area (Å²) in [7, 11) is 0. The molecule has 0 spiro atoms. The van der Waals surface area contributed by atoms with E-state index in [4.69, 9.17) is 4.98 Å². The van der Waals surface area contributed by atoms with Gasteiger partial charge in [-0.2, -0.15) is 0 Å². The zero-order valence-corrected chi connectivity index (χ0v) is 23.1. The number of benzene rings is 3. The Morgan fingerprint density at radius 2 is 1.72 bits per heavy atom. The first-order valence-electron chi connectivity index (χ1n) is 12.6. The molecule has 8 heteroatoms. The van der Waals surface area contributed by atoms with E-state index in [1.54, 1.807) is 35.6 Å². The molecule has 0 bridgehead atoms.